The highest BCUT2D eigenvalue weighted by atomic mass is 79.9. The van der Waals surface area contributed by atoms with Gasteiger partial charge in [-0.3, -0.25) is 19.0 Å². The highest BCUT2D eigenvalue weighted by Gasteiger charge is 2.15. The van der Waals surface area contributed by atoms with Crippen LogP contribution in [0.1, 0.15) is 19.0 Å². The Morgan fingerprint density at radius 2 is 1.79 bits per heavy atom. The fourth-order valence-electron chi connectivity index (χ4n) is 2.96. The van der Waals surface area contributed by atoms with Gasteiger partial charge in [0.15, 0.2) is 0 Å². The summed E-state index contributed by atoms with van der Waals surface area (Å²) in [7, 11) is 0. The Balaban J connectivity index is 1.87. The summed E-state index contributed by atoms with van der Waals surface area (Å²) in [6, 6.07) is 14.3. The van der Waals surface area contributed by atoms with Crippen molar-refractivity contribution in [3.63, 3.8) is 0 Å². The normalized spacial score (nSPS) is 10.7. The van der Waals surface area contributed by atoms with Gasteiger partial charge in [0.2, 0.25) is 11.8 Å². The first-order valence-corrected chi connectivity index (χ1v) is 10.1. The van der Waals surface area contributed by atoms with Crippen molar-refractivity contribution < 1.29 is 9.59 Å². The Labute approximate surface area is 176 Å². The minimum absolute atomic E-state index is 0.138. The van der Waals surface area contributed by atoms with E-state index in [1.54, 1.807) is 30.3 Å². The first-order chi connectivity index (χ1) is 14.0. The predicted molar refractivity (Wildman–Crippen MR) is 116 cm³/mol. The number of fused-ring (bicyclic) bond motifs is 1. The molecule has 2 amide bonds. The second kappa shape index (κ2) is 9.47. The molecule has 0 radical (unpaired) electrons. The number of amides is 2. The summed E-state index contributed by atoms with van der Waals surface area (Å²) in [5.41, 5.74) is 1.73. The van der Waals surface area contributed by atoms with Crippen molar-refractivity contribution in [3.05, 3.63) is 69.1 Å². The number of halogens is 1. The van der Waals surface area contributed by atoms with Crippen LogP contribution in [0.25, 0.3) is 11.0 Å². The molecule has 2 N–H and O–H groups in total. The van der Waals surface area contributed by atoms with Crippen LogP contribution >= 0.6 is 15.9 Å². The lowest BCUT2D eigenvalue weighted by Crippen LogP contribution is -2.32. The summed E-state index contributed by atoms with van der Waals surface area (Å²) in [5, 5.41) is 5.50. The van der Waals surface area contributed by atoms with E-state index in [1.807, 2.05) is 25.1 Å². The Hall–Kier alpha value is -3.00. The molecule has 2 aromatic carbocycles. The van der Waals surface area contributed by atoms with Gasteiger partial charge in [-0.15, -0.1) is 0 Å². The van der Waals surface area contributed by atoms with Gasteiger partial charge in [-0.2, -0.15) is 0 Å². The van der Waals surface area contributed by atoms with E-state index in [0.717, 1.165) is 4.47 Å². The zero-order valence-corrected chi connectivity index (χ0v) is 17.5. The van der Waals surface area contributed by atoms with Crippen molar-refractivity contribution in [3.8, 4) is 0 Å². The molecule has 0 aliphatic carbocycles. The van der Waals surface area contributed by atoms with Crippen molar-refractivity contribution in [2.75, 3.05) is 11.9 Å². The van der Waals surface area contributed by atoms with E-state index < -0.39 is 0 Å². The number of nitrogens with one attached hydrogen (secondary N) is 2. The van der Waals surface area contributed by atoms with E-state index in [2.05, 4.69) is 31.5 Å². The van der Waals surface area contributed by atoms with E-state index >= 15 is 0 Å². The highest BCUT2D eigenvalue weighted by Crippen LogP contribution is 2.15. The number of para-hydroxylation sites is 2. The second-order valence-electron chi connectivity index (χ2n) is 6.45. The first-order valence-electron chi connectivity index (χ1n) is 9.28. The Morgan fingerprint density at radius 3 is 2.52 bits per heavy atom. The third-order valence-electron chi connectivity index (χ3n) is 4.31. The van der Waals surface area contributed by atoms with Crippen molar-refractivity contribution in [2.45, 2.75) is 26.3 Å². The van der Waals surface area contributed by atoms with Crippen LogP contribution in [0.15, 0.2) is 57.8 Å². The van der Waals surface area contributed by atoms with Crippen LogP contribution < -0.4 is 16.2 Å². The Morgan fingerprint density at radius 1 is 1.07 bits per heavy atom. The van der Waals surface area contributed by atoms with Gasteiger partial charge in [-0.25, -0.2) is 4.98 Å². The maximum atomic E-state index is 13.0. The number of anilines is 1. The predicted octanol–water partition coefficient (Wildman–Crippen LogP) is 2.87. The molecule has 8 heteroatoms. The first kappa shape index (κ1) is 20.7. The van der Waals surface area contributed by atoms with Crippen molar-refractivity contribution in [1.29, 1.82) is 0 Å². The third kappa shape index (κ3) is 5.29. The van der Waals surface area contributed by atoms with Crippen LogP contribution in [0.3, 0.4) is 0 Å². The summed E-state index contributed by atoms with van der Waals surface area (Å²) in [6.45, 7) is 2.22. The maximum absolute atomic E-state index is 13.0. The van der Waals surface area contributed by atoms with Crippen LogP contribution in [0, 0.1) is 0 Å². The van der Waals surface area contributed by atoms with Crippen molar-refractivity contribution in [2.24, 2.45) is 0 Å². The van der Waals surface area contributed by atoms with E-state index in [4.69, 9.17) is 0 Å². The molecule has 29 heavy (non-hydrogen) atoms. The average molecular weight is 457 g/mol. The number of benzene rings is 2. The van der Waals surface area contributed by atoms with Crippen molar-refractivity contribution in [1.82, 2.24) is 14.9 Å². The molecule has 0 fully saturated rings. The molecule has 7 nitrogen and oxygen atoms in total. The molecule has 0 saturated heterocycles. The zero-order valence-electron chi connectivity index (χ0n) is 15.9. The molecule has 0 bridgehead atoms. The molecule has 0 saturated carbocycles. The summed E-state index contributed by atoms with van der Waals surface area (Å²) < 4.78 is 2.31. The molecule has 0 aliphatic rings. The number of carbonyl (C=O) groups is 2. The fourth-order valence-corrected chi connectivity index (χ4v) is 3.22. The topological polar surface area (TPSA) is 93.1 Å². The lowest BCUT2D eigenvalue weighted by molar-refractivity contribution is -0.121. The molecule has 1 aromatic heterocycles. The number of aryl methyl sites for hydroxylation is 1. The van der Waals surface area contributed by atoms with Gasteiger partial charge >= 0.3 is 0 Å². The summed E-state index contributed by atoms with van der Waals surface area (Å²) in [5.74, 6) is -0.457. The fraction of sp³-hybridized carbons (Fsp3) is 0.238. The Bertz CT molecular complexity index is 1090. The number of aromatic nitrogens is 2. The molecule has 0 aliphatic heterocycles. The van der Waals surface area contributed by atoms with Gasteiger partial charge in [0.1, 0.15) is 12.2 Å². The molecule has 0 atom stereocenters. The minimum atomic E-state index is -0.362. The number of nitrogens with zero attached hydrogens (tertiary/aromatic N) is 2. The summed E-state index contributed by atoms with van der Waals surface area (Å²) in [6.07, 6.45) is 0.378. The van der Waals surface area contributed by atoms with Gasteiger partial charge in [0, 0.05) is 29.5 Å². The number of carbonyl (C=O) groups excluding carboxylic acids is 2. The molecule has 3 rings (SSSR count). The van der Waals surface area contributed by atoms with Crippen LogP contribution in [-0.4, -0.2) is 27.9 Å². The Kier molecular flexibility index (Phi) is 6.77. The van der Waals surface area contributed by atoms with Gasteiger partial charge in [-0.1, -0.05) is 28.1 Å². The molecule has 0 spiro atoms. The van der Waals surface area contributed by atoms with E-state index in [1.165, 1.54) is 4.57 Å². The zero-order chi connectivity index (χ0) is 20.8. The molecular weight excluding hydrogens is 436 g/mol. The third-order valence-corrected chi connectivity index (χ3v) is 4.84. The van der Waals surface area contributed by atoms with Gasteiger partial charge in [-0.05, 0) is 43.3 Å². The van der Waals surface area contributed by atoms with Crippen LogP contribution in [0.2, 0.25) is 0 Å². The largest absolute Gasteiger partial charge is 0.356 e. The molecule has 3 aromatic rings. The second-order valence-corrected chi connectivity index (χ2v) is 7.36. The van der Waals surface area contributed by atoms with Crippen LogP contribution in [0.4, 0.5) is 5.69 Å². The minimum Gasteiger partial charge on any atom is -0.356 e. The van der Waals surface area contributed by atoms with E-state index in [-0.39, 0.29) is 42.5 Å². The molecule has 150 valence electrons. The van der Waals surface area contributed by atoms with Crippen LogP contribution in [-0.2, 0) is 22.6 Å². The number of hydrogen-bond donors (Lipinski definition) is 2. The quantitative estimate of drug-likeness (QED) is 0.571. The number of hydrogen-bond acceptors (Lipinski definition) is 4. The van der Waals surface area contributed by atoms with E-state index in [9.17, 15) is 14.4 Å². The molecule has 1 heterocycles. The lowest BCUT2D eigenvalue weighted by atomic mass is 10.2. The van der Waals surface area contributed by atoms with Gasteiger partial charge in [0.25, 0.3) is 5.56 Å². The van der Waals surface area contributed by atoms with E-state index in [0.29, 0.717) is 23.3 Å². The van der Waals surface area contributed by atoms with Gasteiger partial charge in [0.05, 0.1) is 11.0 Å². The molecular formula is C21H21BrN4O3. The summed E-state index contributed by atoms with van der Waals surface area (Å²) >= 11 is 3.35. The SMILES string of the molecule is CCNC(=O)CCc1nc2ccccc2n(CC(=O)Nc2ccc(Br)cc2)c1=O. The lowest BCUT2D eigenvalue weighted by Gasteiger charge is -2.12. The maximum Gasteiger partial charge on any atom is 0.273 e. The van der Waals surface area contributed by atoms with Gasteiger partial charge < -0.3 is 10.6 Å². The van der Waals surface area contributed by atoms with Crippen molar-refractivity contribution >= 4 is 44.5 Å². The van der Waals surface area contributed by atoms with Crippen LogP contribution in [0.5, 0.6) is 0 Å². The monoisotopic (exact) mass is 456 g/mol. The molecule has 0 unspecified atom stereocenters. The number of rotatable bonds is 7. The average Bonchev–Trinajstić information content (AvgIpc) is 2.71. The standard InChI is InChI=1S/C21H21BrN4O3/c1-2-23-19(27)12-11-17-21(29)26(18-6-4-3-5-16(18)25-17)13-20(28)24-15-9-7-14(22)8-10-15/h3-10H,2,11-13H2,1H3,(H,23,27)(H,24,28). The summed E-state index contributed by atoms with van der Waals surface area (Å²) in [4.78, 5) is 41.7. The highest BCUT2D eigenvalue weighted by molar-refractivity contribution is 9.10. The smallest absolute Gasteiger partial charge is 0.273 e.